The lowest BCUT2D eigenvalue weighted by molar-refractivity contribution is -0.614. The molecule has 1 amide bonds. The van der Waals surface area contributed by atoms with Gasteiger partial charge in [-0.15, -0.1) is 0 Å². The summed E-state index contributed by atoms with van der Waals surface area (Å²) in [5, 5.41) is 16.9. The van der Waals surface area contributed by atoms with Crippen LogP contribution in [0.1, 0.15) is 21.9 Å². The number of rotatable bonds is 2. The minimum Gasteiger partial charge on any atom is -0.618 e. The number of aromatic nitrogens is 2. The molecule has 1 aromatic heterocycles. The largest absolute Gasteiger partial charge is 0.618 e. The van der Waals surface area contributed by atoms with Gasteiger partial charge in [0, 0.05) is 21.0 Å². The Bertz CT molecular complexity index is 404. The molecule has 0 bridgehead atoms. The van der Waals surface area contributed by atoms with Crippen molar-refractivity contribution in [2.75, 3.05) is 19.4 Å². The maximum Gasteiger partial charge on any atom is 0.324 e. The molecule has 2 N–H and O–H groups in total. The van der Waals surface area contributed by atoms with Crippen molar-refractivity contribution in [1.82, 2.24) is 10.3 Å². The molecule has 0 saturated carbocycles. The van der Waals surface area contributed by atoms with Crippen LogP contribution in [0.5, 0.6) is 0 Å². The fourth-order valence-electron chi connectivity index (χ4n) is 1.20. The summed E-state index contributed by atoms with van der Waals surface area (Å²) in [5.41, 5.74) is 1.01. The van der Waals surface area contributed by atoms with Gasteiger partial charge in [-0.3, -0.25) is 4.79 Å². The predicted octanol–water partition coefficient (Wildman–Crippen LogP) is -0.267. The highest BCUT2D eigenvalue weighted by atomic mass is 16.5. The summed E-state index contributed by atoms with van der Waals surface area (Å²) in [4.78, 5) is 15.6. The number of nitrogens with zero attached hydrogens (tertiary/aromatic N) is 2. The van der Waals surface area contributed by atoms with Gasteiger partial charge >= 0.3 is 11.6 Å². The molecule has 0 aliphatic heterocycles. The topological polar surface area (TPSA) is 81.0 Å². The zero-order valence-electron chi connectivity index (χ0n) is 9.21. The number of anilines is 1. The molecule has 6 heteroatoms. The Kier molecular flexibility index (Phi) is 3.08. The number of carbonyl (C=O) groups excluding carboxylic acids is 1. The predicted molar refractivity (Wildman–Crippen MR) is 55.6 cm³/mol. The van der Waals surface area contributed by atoms with Crippen molar-refractivity contribution in [3.63, 3.8) is 0 Å². The van der Waals surface area contributed by atoms with E-state index in [1.54, 1.807) is 20.9 Å². The Morgan fingerprint density at radius 2 is 2.00 bits per heavy atom. The summed E-state index contributed by atoms with van der Waals surface area (Å²) >= 11 is 0. The van der Waals surface area contributed by atoms with Crippen LogP contribution >= 0.6 is 0 Å². The van der Waals surface area contributed by atoms with Gasteiger partial charge < -0.3 is 15.8 Å². The number of hydrogen-bond donors (Lipinski definition) is 2. The highest BCUT2D eigenvalue weighted by Gasteiger charge is 2.24. The fourth-order valence-corrected chi connectivity index (χ4v) is 1.20. The third kappa shape index (κ3) is 1.83. The van der Waals surface area contributed by atoms with Crippen LogP contribution in [-0.2, 0) is 0 Å². The molecule has 0 aliphatic carbocycles. The van der Waals surface area contributed by atoms with E-state index in [1.165, 1.54) is 7.05 Å². The first-order chi connectivity index (χ1) is 7.02. The summed E-state index contributed by atoms with van der Waals surface area (Å²) in [7, 11) is 3.08. The Morgan fingerprint density at radius 3 is 2.47 bits per heavy atom. The average molecular weight is 210 g/mol. The summed E-state index contributed by atoms with van der Waals surface area (Å²) in [6.07, 6.45) is 0. The molecule has 15 heavy (non-hydrogen) atoms. The second kappa shape index (κ2) is 4.12. The molecule has 0 aromatic carbocycles. The lowest BCUT2D eigenvalue weighted by atomic mass is 10.3. The van der Waals surface area contributed by atoms with Crippen molar-refractivity contribution in [2.24, 2.45) is 0 Å². The molecule has 0 unspecified atom stereocenters. The first-order valence-corrected chi connectivity index (χ1v) is 4.53. The Morgan fingerprint density at radius 1 is 1.40 bits per heavy atom. The van der Waals surface area contributed by atoms with E-state index in [9.17, 15) is 10.0 Å². The first-order valence-electron chi connectivity index (χ1n) is 4.53. The van der Waals surface area contributed by atoms with Gasteiger partial charge in [0.05, 0.1) is 0 Å². The standard InChI is InChI=1S/C9H14N4O2/c1-5-6(2)13(15)7(9(14)11-4)8(10-3)12-5/h1-4H3,(H,10,12)(H,11,14). The smallest absolute Gasteiger partial charge is 0.324 e. The van der Waals surface area contributed by atoms with E-state index >= 15 is 0 Å². The second-order valence-corrected chi connectivity index (χ2v) is 3.10. The lowest BCUT2D eigenvalue weighted by Crippen LogP contribution is -2.43. The molecule has 0 fully saturated rings. The van der Waals surface area contributed by atoms with Crippen LogP contribution in [0.25, 0.3) is 0 Å². The molecule has 0 saturated heterocycles. The van der Waals surface area contributed by atoms with Gasteiger partial charge in [0.2, 0.25) is 11.5 Å². The van der Waals surface area contributed by atoms with E-state index in [4.69, 9.17) is 0 Å². The first kappa shape index (κ1) is 11.2. The van der Waals surface area contributed by atoms with Gasteiger partial charge in [-0.05, 0) is 6.92 Å². The van der Waals surface area contributed by atoms with Crippen LogP contribution in [0.4, 0.5) is 5.82 Å². The summed E-state index contributed by atoms with van der Waals surface area (Å²) in [5.74, 6) is -0.169. The lowest BCUT2D eigenvalue weighted by Gasteiger charge is -2.11. The Labute approximate surface area is 87.9 Å². The Hall–Kier alpha value is -1.85. The molecule has 82 valence electrons. The quantitative estimate of drug-likeness (QED) is 0.520. The zero-order chi connectivity index (χ0) is 11.6. The minimum absolute atomic E-state index is 0.0110. The van der Waals surface area contributed by atoms with Gasteiger partial charge in [-0.25, -0.2) is 4.98 Å². The van der Waals surface area contributed by atoms with Crippen molar-refractivity contribution in [2.45, 2.75) is 13.8 Å². The molecule has 1 rings (SSSR count). The molecule has 1 aromatic rings. The van der Waals surface area contributed by atoms with Crippen LogP contribution in [-0.4, -0.2) is 25.0 Å². The molecular weight excluding hydrogens is 196 g/mol. The molecular formula is C9H14N4O2. The summed E-state index contributed by atoms with van der Waals surface area (Å²) < 4.78 is 0.590. The normalized spacial score (nSPS) is 9.87. The molecule has 0 atom stereocenters. The second-order valence-electron chi connectivity index (χ2n) is 3.10. The maximum atomic E-state index is 11.7. The SMILES string of the molecule is CNC(=O)c1c(NC)nc(C)c(C)[n+]1[O-]. The number of aryl methyl sites for hydroxylation is 1. The fraction of sp³-hybridized carbons (Fsp3) is 0.444. The van der Waals surface area contributed by atoms with Crippen LogP contribution in [0.2, 0.25) is 0 Å². The number of amides is 1. The van der Waals surface area contributed by atoms with E-state index in [0.717, 1.165) is 0 Å². The number of nitrogens with one attached hydrogen (secondary N) is 2. The van der Waals surface area contributed by atoms with Crippen molar-refractivity contribution in [1.29, 1.82) is 0 Å². The molecule has 0 spiro atoms. The van der Waals surface area contributed by atoms with Crippen molar-refractivity contribution in [3.05, 3.63) is 22.3 Å². The molecule has 6 nitrogen and oxygen atoms in total. The Balaban J connectivity index is 3.47. The van der Waals surface area contributed by atoms with Crippen LogP contribution in [0, 0.1) is 19.1 Å². The molecule has 0 radical (unpaired) electrons. The van der Waals surface area contributed by atoms with Gasteiger partial charge in [-0.1, -0.05) is 0 Å². The van der Waals surface area contributed by atoms with Crippen molar-refractivity contribution < 1.29 is 9.52 Å². The highest BCUT2D eigenvalue weighted by molar-refractivity contribution is 5.95. The van der Waals surface area contributed by atoms with Gasteiger partial charge in [0.15, 0.2) is 0 Å². The van der Waals surface area contributed by atoms with Crippen LogP contribution in [0.15, 0.2) is 0 Å². The van der Waals surface area contributed by atoms with Crippen molar-refractivity contribution in [3.8, 4) is 0 Å². The molecule has 1 heterocycles. The van der Waals surface area contributed by atoms with Gasteiger partial charge in [0.1, 0.15) is 5.69 Å². The van der Waals surface area contributed by atoms with E-state index < -0.39 is 5.91 Å². The summed E-state index contributed by atoms with van der Waals surface area (Å²) in [6.45, 7) is 3.35. The summed E-state index contributed by atoms with van der Waals surface area (Å²) in [6, 6.07) is 0. The van der Waals surface area contributed by atoms with E-state index in [1.807, 2.05) is 0 Å². The third-order valence-electron chi connectivity index (χ3n) is 2.21. The van der Waals surface area contributed by atoms with E-state index in [2.05, 4.69) is 15.6 Å². The number of hydrogen-bond acceptors (Lipinski definition) is 4. The van der Waals surface area contributed by atoms with Crippen LogP contribution < -0.4 is 15.4 Å². The van der Waals surface area contributed by atoms with Crippen molar-refractivity contribution >= 4 is 11.7 Å². The zero-order valence-corrected chi connectivity index (χ0v) is 9.21. The molecule has 0 aliphatic rings. The van der Waals surface area contributed by atoms with E-state index in [0.29, 0.717) is 16.1 Å². The van der Waals surface area contributed by atoms with E-state index in [-0.39, 0.29) is 11.5 Å². The highest BCUT2D eigenvalue weighted by Crippen LogP contribution is 2.10. The maximum absolute atomic E-state index is 11.7. The monoisotopic (exact) mass is 210 g/mol. The average Bonchev–Trinajstić information content (AvgIpc) is 2.24. The van der Waals surface area contributed by atoms with Gasteiger partial charge in [0.25, 0.3) is 0 Å². The third-order valence-corrected chi connectivity index (χ3v) is 2.21. The van der Waals surface area contributed by atoms with Crippen LogP contribution in [0.3, 0.4) is 0 Å². The minimum atomic E-state index is -0.454. The van der Waals surface area contributed by atoms with Gasteiger partial charge in [-0.2, -0.15) is 4.73 Å². The number of carbonyl (C=O) groups is 1.